The number of hydrogen-bond acceptors (Lipinski definition) is 4. The molecule has 1 rings (SSSR count). The van der Waals surface area contributed by atoms with Crippen LogP contribution in [0.5, 0.6) is 0 Å². The molecule has 4 heteroatoms. The Morgan fingerprint density at radius 1 is 1.62 bits per heavy atom. The van der Waals surface area contributed by atoms with Crippen molar-refractivity contribution in [3.63, 3.8) is 0 Å². The zero-order chi connectivity index (χ0) is 5.98. The molecule has 0 aliphatic carbocycles. The Balaban J connectivity index is 2.59. The number of hydrogen-bond donors (Lipinski definition) is 2. The van der Waals surface area contributed by atoms with E-state index < -0.39 is 6.23 Å². The second-order valence-corrected chi connectivity index (χ2v) is 1.39. The first kappa shape index (κ1) is 5.27. The highest BCUT2D eigenvalue weighted by Crippen LogP contribution is 1.94. The Labute approximate surface area is 46.3 Å². The van der Waals surface area contributed by atoms with Crippen molar-refractivity contribution < 1.29 is 10.3 Å². The molecule has 1 heterocycles. The molecule has 1 aliphatic heterocycles. The molecule has 1 aliphatic rings. The smallest absolute Gasteiger partial charge is 0.186 e. The third-order valence-corrected chi connectivity index (χ3v) is 0.796. The molecule has 0 aromatic heterocycles. The van der Waals surface area contributed by atoms with Crippen LogP contribution in [0.2, 0.25) is 0 Å². The van der Waals surface area contributed by atoms with Crippen molar-refractivity contribution in [1.82, 2.24) is 5.06 Å². The normalized spacial score (nSPS) is 26.8. The van der Waals surface area contributed by atoms with Gasteiger partial charge in [-0.05, 0) is 0 Å². The minimum absolute atomic E-state index is 0.660. The van der Waals surface area contributed by atoms with Crippen molar-refractivity contribution >= 4 is 6.21 Å². The van der Waals surface area contributed by atoms with Crippen LogP contribution in [-0.4, -0.2) is 27.8 Å². The van der Waals surface area contributed by atoms with E-state index in [2.05, 4.69) is 4.99 Å². The van der Waals surface area contributed by atoms with Gasteiger partial charge in [-0.1, -0.05) is 0 Å². The van der Waals surface area contributed by atoms with Gasteiger partial charge in [0.1, 0.15) is 0 Å². The summed E-state index contributed by atoms with van der Waals surface area (Å²) < 4.78 is 0. The average molecular weight is 114 g/mol. The molecule has 1 unspecified atom stereocenters. The van der Waals surface area contributed by atoms with Crippen LogP contribution in [0.15, 0.2) is 17.4 Å². The van der Waals surface area contributed by atoms with Crippen LogP contribution < -0.4 is 0 Å². The van der Waals surface area contributed by atoms with Crippen LogP contribution in [0.4, 0.5) is 0 Å². The average Bonchev–Trinajstić information content (AvgIpc) is 1.77. The van der Waals surface area contributed by atoms with Gasteiger partial charge in [0.25, 0.3) is 0 Å². The molecule has 1 atom stereocenters. The topological polar surface area (TPSA) is 56.1 Å². The van der Waals surface area contributed by atoms with Gasteiger partial charge in [-0.3, -0.25) is 10.2 Å². The van der Waals surface area contributed by atoms with Crippen LogP contribution in [-0.2, 0) is 0 Å². The van der Waals surface area contributed by atoms with E-state index in [1.807, 2.05) is 0 Å². The molecule has 0 fully saturated rings. The summed E-state index contributed by atoms with van der Waals surface area (Å²) in [4.78, 5) is 3.55. The Hall–Kier alpha value is -0.870. The lowest BCUT2D eigenvalue weighted by Gasteiger charge is -2.16. The number of aliphatic hydroxyl groups excluding tert-OH is 1. The summed E-state index contributed by atoms with van der Waals surface area (Å²) in [5.41, 5.74) is 0. The first-order valence-electron chi connectivity index (χ1n) is 2.16. The lowest BCUT2D eigenvalue weighted by atomic mass is 10.5. The van der Waals surface area contributed by atoms with E-state index in [0.29, 0.717) is 5.06 Å². The van der Waals surface area contributed by atoms with Crippen molar-refractivity contribution in [3.05, 3.63) is 12.4 Å². The van der Waals surface area contributed by atoms with E-state index in [0.717, 1.165) is 0 Å². The van der Waals surface area contributed by atoms with Crippen molar-refractivity contribution in [1.29, 1.82) is 0 Å². The zero-order valence-electron chi connectivity index (χ0n) is 4.10. The summed E-state index contributed by atoms with van der Waals surface area (Å²) in [5, 5.41) is 17.9. The van der Waals surface area contributed by atoms with E-state index in [1.54, 1.807) is 0 Å². The molecule has 8 heavy (non-hydrogen) atoms. The quantitative estimate of drug-likeness (QED) is 0.448. The first-order valence-corrected chi connectivity index (χ1v) is 2.16. The van der Waals surface area contributed by atoms with Gasteiger partial charge >= 0.3 is 0 Å². The van der Waals surface area contributed by atoms with Crippen LogP contribution in [0.25, 0.3) is 0 Å². The minimum atomic E-state index is -0.986. The minimum Gasteiger partial charge on any atom is -0.367 e. The Morgan fingerprint density at radius 3 is 2.75 bits per heavy atom. The van der Waals surface area contributed by atoms with Crippen LogP contribution in [0.3, 0.4) is 0 Å². The molecule has 44 valence electrons. The lowest BCUT2D eigenvalue weighted by Crippen LogP contribution is -2.29. The molecule has 4 nitrogen and oxygen atoms in total. The molecule has 0 radical (unpaired) electrons. The molecule has 2 N–H and O–H groups in total. The fourth-order valence-electron chi connectivity index (χ4n) is 0.390. The maximum absolute atomic E-state index is 8.65. The second kappa shape index (κ2) is 1.94. The molecule has 0 aromatic carbocycles. The van der Waals surface area contributed by atoms with Crippen molar-refractivity contribution in [2.75, 3.05) is 0 Å². The molecule has 0 saturated heterocycles. The van der Waals surface area contributed by atoms with E-state index in [4.69, 9.17) is 10.3 Å². The fraction of sp³-hybridized carbons (Fsp3) is 0.250. The van der Waals surface area contributed by atoms with Gasteiger partial charge in [0.15, 0.2) is 6.23 Å². The first-order chi connectivity index (χ1) is 3.80. The van der Waals surface area contributed by atoms with E-state index in [9.17, 15) is 0 Å². The summed E-state index contributed by atoms with van der Waals surface area (Å²) in [7, 11) is 0. The number of aliphatic hydroxyl groups is 1. The zero-order valence-corrected chi connectivity index (χ0v) is 4.10. The molecule has 0 spiro atoms. The van der Waals surface area contributed by atoms with Crippen molar-refractivity contribution in [3.8, 4) is 0 Å². The summed E-state index contributed by atoms with van der Waals surface area (Å²) in [6, 6.07) is 0. The van der Waals surface area contributed by atoms with E-state index in [-0.39, 0.29) is 0 Å². The van der Waals surface area contributed by atoms with Crippen LogP contribution in [0.1, 0.15) is 0 Å². The van der Waals surface area contributed by atoms with Crippen molar-refractivity contribution in [2.24, 2.45) is 4.99 Å². The third kappa shape index (κ3) is 0.853. The molecular weight excluding hydrogens is 108 g/mol. The van der Waals surface area contributed by atoms with Crippen LogP contribution in [0, 0.1) is 0 Å². The monoisotopic (exact) mass is 114 g/mol. The second-order valence-electron chi connectivity index (χ2n) is 1.39. The van der Waals surface area contributed by atoms with Gasteiger partial charge in [0.05, 0.1) is 6.21 Å². The third-order valence-electron chi connectivity index (χ3n) is 0.796. The fourth-order valence-corrected chi connectivity index (χ4v) is 0.390. The van der Waals surface area contributed by atoms with Crippen molar-refractivity contribution in [2.45, 2.75) is 6.23 Å². The Bertz CT molecular complexity index is 116. The molecule has 0 aromatic rings. The van der Waals surface area contributed by atoms with E-state index in [1.165, 1.54) is 18.6 Å². The number of rotatable bonds is 0. The number of hydroxylamine groups is 2. The summed E-state index contributed by atoms with van der Waals surface area (Å²) in [6.07, 6.45) is 2.89. The molecule has 0 saturated carbocycles. The highest BCUT2D eigenvalue weighted by molar-refractivity contribution is 5.63. The Kier molecular flexibility index (Phi) is 1.27. The van der Waals surface area contributed by atoms with Gasteiger partial charge < -0.3 is 5.11 Å². The largest absolute Gasteiger partial charge is 0.367 e. The highest BCUT2D eigenvalue weighted by Gasteiger charge is 2.06. The number of aliphatic imine (C=N–C) groups is 1. The lowest BCUT2D eigenvalue weighted by molar-refractivity contribution is -0.127. The van der Waals surface area contributed by atoms with Crippen LogP contribution >= 0.6 is 0 Å². The maximum Gasteiger partial charge on any atom is 0.186 e. The Morgan fingerprint density at radius 2 is 2.38 bits per heavy atom. The standard InChI is InChI=1S/C4H6N2O2/c7-4-3-5-1-2-6(4)8/h1-4,7-8H. The SMILES string of the molecule is OC1C=NC=CN1O. The van der Waals surface area contributed by atoms with E-state index >= 15 is 0 Å². The predicted molar refractivity (Wildman–Crippen MR) is 27.3 cm³/mol. The van der Waals surface area contributed by atoms with Gasteiger partial charge in [-0.2, -0.15) is 0 Å². The highest BCUT2D eigenvalue weighted by atomic mass is 16.5. The summed E-state index contributed by atoms with van der Waals surface area (Å²) >= 11 is 0. The van der Waals surface area contributed by atoms with Gasteiger partial charge in [0, 0.05) is 12.4 Å². The molecular formula is C4H6N2O2. The summed E-state index contributed by atoms with van der Waals surface area (Å²) in [6.45, 7) is 0. The van der Waals surface area contributed by atoms with Gasteiger partial charge in [0.2, 0.25) is 0 Å². The predicted octanol–water partition coefficient (Wildman–Crippen LogP) is -0.448. The molecule has 0 amide bonds. The van der Waals surface area contributed by atoms with Gasteiger partial charge in [-0.25, -0.2) is 5.06 Å². The number of nitrogens with zero attached hydrogens (tertiary/aromatic N) is 2. The van der Waals surface area contributed by atoms with Gasteiger partial charge in [-0.15, -0.1) is 0 Å². The molecule has 0 bridgehead atoms. The maximum atomic E-state index is 8.65. The summed E-state index contributed by atoms with van der Waals surface area (Å²) in [5.74, 6) is 0.